The monoisotopic (exact) mass is 425 g/mol. The smallest absolute Gasteiger partial charge is 0.410 e. The number of aromatic nitrogens is 1. The Bertz CT molecular complexity index is 913. The fraction of sp³-hybridized carbons (Fsp3) is 0.520. The second kappa shape index (κ2) is 9.58. The molecule has 2 heterocycles. The highest BCUT2D eigenvalue weighted by molar-refractivity contribution is 5.68. The fourth-order valence-corrected chi connectivity index (χ4v) is 3.69. The van der Waals surface area contributed by atoms with Crippen LogP contribution in [0.15, 0.2) is 30.3 Å². The molecule has 2 aromatic rings. The van der Waals surface area contributed by atoms with E-state index in [9.17, 15) is 4.79 Å². The molecule has 0 atom stereocenters. The van der Waals surface area contributed by atoms with E-state index in [1.54, 1.807) is 4.90 Å². The molecule has 1 aromatic carbocycles. The first-order chi connectivity index (χ1) is 14.6. The number of ether oxygens (including phenoxy) is 2. The number of carbonyl (C=O) groups is 1. The molecular formula is C25H35N3O3. The quantitative estimate of drug-likeness (QED) is 0.695. The topological polar surface area (TPSA) is 63.7 Å². The van der Waals surface area contributed by atoms with E-state index in [4.69, 9.17) is 9.47 Å². The van der Waals surface area contributed by atoms with Crippen LogP contribution >= 0.6 is 0 Å². The summed E-state index contributed by atoms with van der Waals surface area (Å²) in [6, 6.07) is 10.4. The maximum Gasteiger partial charge on any atom is 0.410 e. The Hall–Kier alpha value is -2.76. The molecule has 31 heavy (non-hydrogen) atoms. The van der Waals surface area contributed by atoms with Crippen molar-refractivity contribution in [3.8, 4) is 5.75 Å². The number of benzene rings is 1. The van der Waals surface area contributed by atoms with Gasteiger partial charge in [0.15, 0.2) is 0 Å². The molecular weight excluding hydrogens is 390 g/mol. The van der Waals surface area contributed by atoms with Gasteiger partial charge in [0.05, 0.1) is 11.4 Å². The third-order valence-corrected chi connectivity index (χ3v) is 5.33. The van der Waals surface area contributed by atoms with Crippen molar-refractivity contribution in [2.24, 2.45) is 0 Å². The SMILES string of the molecule is Cc1ccc(NCc2ccc(OC3CCN(C(=O)OC(C)(C)C)CC3)c(C)c2)c(C)n1. The van der Waals surface area contributed by atoms with Crippen LogP contribution in [-0.2, 0) is 11.3 Å². The lowest BCUT2D eigenvalue weighted by atomic mass is 10.1. The maximum atomic E-state index is 12.2. The molecule has 3 rings (SSSR count). The number of hydrogen-bond acceptors (Lipinski definition) is 5. The third kappa shape index (κ3) is 6.61. The number of anilines is 1. The first-order valence-electron chi connectivity index (χ1n) is 11.0. The second-order valence-electron chi connectivity index (χ2n) is 9.32. The Morgan fingerprint density at radius 3 is 2.45 bits per heavy atom. The van der Waals surface area contributed by atoms with Crippen molar-refractivity contribution in [2.75, 3.05) is 18.4 Å². The zero-order valence-corrected chi connectivity index (χ0v) is 19.6. The molecule has 1 aliphatic rings. The molecule has 1 aromatic heterocycles. The molecule has 168 valence electrons. The van der Waals surface area contributed by atoms with Gasteiger partial charge in [-0.1, -0.05) is 12.1 Å². The highest BCUT2D eigenvalue weighted by Crippen LogP contribution is 2.25. The first-order valence-corrected chi connectivity index (χ1v) is 11.0. The van der Waals surface area contributed by atoms with E-state index in [2.05, 4.69) is 35.4 Å². The average Bonchev–Trinajstić information content (AvgIpc) is 2.68. The summed E-state index contributed by atoms with van der Waals surface area (Å²) in [6.45, 7) is 13.8. The van der Waals surface area contributed by atoms with E-state index in [0.29, 0.717) is 13.1 Å². The number of hydrogen-bond donors (Lipinski definition) is 1. The molecule has 1 amide bonds. The molecule has 0 bridgehead atoms. The number of likely N-dealkylation sites (tertiary alicyclic amines) is 1. The van der Waals surface area contributed by atoms with Gasteiger partial charge in [0, 0.05) is 38.2 Å². The largest absolute Gasteiger partial charge is 0.490 e. The molecule has 1 aliphatic heterocycles. The van der Waals surface area contributed by atoms with Crippen molar-refractivity contribution >= 4 is 11.8 Å². The summed E-state index contributed by atoms with van der Waals surface area (Å²) in [5, 5.41) is 3.46. The minimum Gasteiger partial charge on any atom is -0.490 e. The number of rotatable bonds is 5. The second-order valence-corrected chi connectivity index (χ2v) is 9.32. The summed E-state index contributed by atoms with van der Waals surface area (Å²) < 4.78 is 11.7. The fourth-order valence-electron chi connectivity index (χ4n) is 3.69. The Balaban J connectivity index is 1.51. The van der Waals surface area contributed by atoms with Crippen molar-refractivity contribution in [1.29, 1.82) is 0 Å². The van der Waals surface area contributed by atoms with E-state index in [0.717, 1.165) is 47.8 Å². The molecule has 0 radical (unpaired) electrons. The lowest BCUT2D eigenvalue weighted by Gasteiger charge is -2.33. The molecule has 0 saturated carbocycles. The molecule has 6 nitrogen and oxygen atoms in total. The van der Waals surface area contributed by atoms with Gasteiger partial charge in [-0.2, -0.15) is 0 Å². The molecule has 1 saturated heterocycles. The van der Waals surface area contributed by atoms with Crippen LogP contribution in [0.5, 0.6) is 5.75 Å². The van der Waals surface area contributed by atoms with Gasteiger partial charge in [-0.3, -0.25) is 4.98 Å². The number of amides is 1. The molecule has 0 aliphatic carbocycles. The van der Waals surface area contributed by atoms with Crippen LogP contribution in [-0.4, -0.2) is 40.8 Å². The molecule has 0 unspecified atom stereocenters. The number of pyridine rings is 1. The van der Waals surface area contributed by atoms with E-state index in [1.165, 1.54) is 5.56 Å². The van der Waals surface area contributed by atoms with Gasteiger partial charge in [0.2, 0.25) is 0 Å². The minimum absolute atomic E-state index is 0.114. The van der Waals surface area contributed by atoms with Crippen molar-refractivity contribution < 1.29 is 14.3 Å². The van der Waals surface area contributed by atoms with Gasteiger partial charge in [-0.05, 0) is 70.9 Å². The maximum absolute atomic E-state index is 12.2. The number of nitrogens with one attached hydrogen (secondary N) is 1. The molecule has 0 spiro atoms. The highest BCUT2D eigenvalue weighted by Gasteiger charge is 2.27. The molecule has 1 fully saturated rings. The number of carbonyl (C=O) groups excluding carboxylic acids is 1. The average molecular weight is 426 g/mol. The van der Waals surface area contributed by atoms with Crippen LogP contribution in [0.25, 0.3) is 0 Å². The molecule has 1 N–H and O–H groups in total. The van der Waals surface area contributed by atoms with Gasteiger partial charge in [-0.15, -0.1) is 0 Å². The summed E-state index contributed by atoms with van der Waals surface area (Å²) >= 11 is 0. The van der Waals surface area contributed by atoms with Crippen molar-refractivity contribution in [3.63, 3.8) is 0 Å². The van der Waals surface area contributed by atoms with Crippen LogP contribution < -0.4 is 10.1 Å². The standard InChI is InChI=1S/C25H35N3O3/c1-17-15-20(16-26-22-9-7-18(2)27-19(22)3)8-10-23(17)30-21-11-13-28(14-12-21)24(29)31-25(4,5)6/h7-10,15,21,26H,11-14,16H2,1-6H3. The normalized spacial score (nSPS) is 15.0. The van der Waals surface area contributed by atoms with Crippen LogP contribution in [0.3, 0.4) is 0 Å². The Morgan fingerprint density at radius 2 is 1.84 bits per heavy atom. The van der Waals surface area contributed by atoms with Crippen LogP contribution in [0.2, 0.25) is 0 Å². The van der Waals surface area contributed by atoms with E-state index < -0.39 is 5.60 Å². The van der Waals surface area contributed by atoms with Crippen molar-refractivity contribution in [2.45, 2.75) is 72.6 Å². The summed E-state index contributed by atoms with van der Waals surface area (Å²) in [6.07, 6.45) is 1.49. The van der Waals surface area contributed by atoms with Crippen LogP contribution in [0.1, 0.15) is 56.1 Å². The minimum atomic E-state index is -0.465. The van der Waals surface area contributed by atoms with E-state index in [1.807, 2.05) is 46.8 Å². The Kier molecular flexibility index (Phi) is 7.08. The van der Waals surface area contributed by atoms with Crippen LogP contribution in [0, 0.1) is 20.8 Å². The summed E-state index contributed by atoms with van der Waals surface area (Å²) in [7, 11) is 0. The number of nitrogens with zero attached hydrogens (tertiary/aromatic N) is 2. The van der Waals surface area contributed by atoms with Gasteiger partial charge >= 0.3 is 6.09 Å². The van der Waals surface area contributed by atoms with E-state index in [-0.39, 0.29) is 12.2 Å². The summed E-state index contributed by atoms with van der Waals surface area (Å²) in [4.78, 5) is 18.5. The Labute approximate surface area is 186 Å². The predicted octanol–water partition coefficient (Wildman–Crippen LogP) is 5.40. The van der Waals surface area contributed by atoms with Gasteiger partial charge in [0.25, 0.3) is 0 Å². The zero-order chi connectivity index (χ0) is 22.6. The zero-order valence-electron chi connectivity index (χ0n) is 19.6. The van der Waals surface area contributed by atoms with Gasteiger partial charge in [0.1, 0.15) is 17.5 Å². The third-order valence-electron chi connectivity index (χ3n) is 5.33. The summed E-state index contributed by atoms with van der Waals surface area (Å²) in [5.41, 5.74) is 4.94. The van der Waals surface area contributed by atoms with Gasteiger partial charge < -0.3 is 19.7 Å². The highest BCUT2D eigenvalue weighted by atomic mass is 16.6. The van der Waals surface area contributed by atoms with E-state index >= 15 is 0 Å². The van der Waals surface area contributed by atoms with Crippen molar-refractivity contribution in [1.82, 2.24) is 9.88 Å². The number of piperidine rings is 1. The first kappa shape index (κ1) is 22.9. The van der Waals surface area contributed by atoms with Crippen molar-refractivity contribution in [3.05, 3.63) is 52.8 Å². The lowest BCUT2D eigenvalue weighted by molar-refractivity contribution is 0.0126. The van der Waals surface area contributed by atoms with Gasteiger partial charge in [-0.25, -0.2) is 4.79 Å². The molecule has 6 heteroatoms. The number of aryl methyl sites for hydroxylation is 3. The Morgan fingerprint density at radius 1 is 1.13 bits per heavy atom. The summed E-state index contributed by atoms with van der Waals surface area (Å²) in [5.74, 6) is 0.910. The van der Waals surface area contributed by atoms with Crippen LogP contribution in [0.4, 0.5) is 10.5 Å². The predicted molar refractivity (Wildman–Crippen MR) is 124 cm³/mol. The lowest BCUT2D eigenvalue weighted by Crippen LogP contribution is -2.44.